The van der Waals surface area contributed by atoms with Gasteiger partial charge in [-0.3, -0.25) is 0 Å². The summed E-state index contributed by atoms with van der Waals surface area (Å²) in [5.41, 5.74) is 1.06. The molecule has 0 saturated heterocycles. The van der Waals surface area contributed by atoms with Gasteiger partial charge in [-0.15, -0.1) is 0 Å². The lowest BCUT2D eigenvalue weighted by molar-refractivity contribution is 0.348. The Balaban J connectivity index is 2.56. The first-order chi connectivity index (χ1) is 7.77. The first-order valence-electron chi connectivity index (χ1n) is 5.36. The Bertz CT molecular complexity index is 342. The summed E-state index contributed by atoms with van der Waals surface area (Å²) in [7, 11) is 0. The van der Waals surface area contributed by atoms with Gasteiger partial charge in [-0.05, 0) is 24.6 Å². The van der Waals surface area contributed by atoms with Crippen molar-refractivity contribution in [3.8, 4) is 5.88 Å². The molecule has 0 saturated carbocycles. The van der Waals surface area contributed by atoms with Crippen LogP contribution in [0.5, 0.6) is 5.88 Å². The summed E-state index contributed by atoms with van der Waals surface area (Å²) >= 11 is 6.03. The van der Waals surface area contributed by atoms with Crippen molar-refractivity contribution in [2.45, 2.75) is 19.9 Å². The maximum atomic E-state index is 6.03. The van der Waals surface area contributed by atoms with Crippen molar-refractivity contribution in [1.29, 1.82) is 0 Å². The molecular weight excluding hydrogens is 224 g/mol. The molecule has 16 heavy (non-hydrogen) atoms. The molecule has 0 amide bonds. The minimum absolute atomic E-state index is 0.417. The van der Waals surface area contributed by atoms with Gasteiger partial charge < -0.3 is 10.1 Å². The lowest BCUT2D eigenvalue weighted by Crippen LogP contribution is -2.14. The van der Waals surface area contributed by atoms with Crippen molar-refractivity contribution in [3.05, 3.63) is 35.5 Å². The zero-order chi connectivity index (χ0) is 11.8. The van der Waals surface area contributed by atoms with Crippen LogP contribution in [-0.4, -0.2) is 18.1 Å². The Morgan fingerprint density at radius 2 is 2.44 bits per heavy atom. The molecule has 1 heterocycles. The number of aromatic nitrogens is 1. The number of hydrogen-bond donors (Lipinski definition) is 1. The Morgan fingerprint density at radius 3 is 3.06 bits per heavy atom. The molecule has 0 unspecified atom stereocenters. The monoisotopic (exact) mass is 240 g/mol. The molecule has 0 fully saturated rings. The zero-order valence-electron chi connectivity index (χ0n) is 9.50. The van der Waals surface area contributed by atoms with Crippen molar-refractivity contribution >= 4 is 11.6 Å². The topological polar surface area (TPSA) is 34.1 Å². The molecular formula is C12H17ClN2O. The molecule has 1 aromatic heterocycles. The number of nitrogens with one attached hydrogen (secondary N) is 1. The van der Waals surface area contributed by atoms with Crippen LogP contribution in [0.15, 0.2) is 24.9 Å². The molecule has 0 bridgehead atoms. The molecule has 4 heteroatoms. The lowest BCUT2D eigenvalue weighted by Gasteiger charge is -2.07. The smallest absolute Gasteiger partial charge is 0.232 e. The van der Waals surface area contributed by atoms with Crippen LogP contribution in [0.4, 0.5) is 0 Å². The first kappa shape index (κ1) is 13.0. The van der Waals surface area contributed by atoms with Crippen LogP contribution >= 0.6 is 11.6 Å². The van der Waals surface area contributed by atoms with E-state index in [1.807, 2.05) is 6.07 Å². The van der Waals surface area contributed by atoms with Crippen molar-refractivity contribution in [3.63, 3.8) is 0 Å². The van der Waals surface area contributed by atoms with Gasteiger partial charge in [-0.2, -0.15) is 0 Å². The van der Waals surface area contributed by atoms with Crippen molar-refractivity contribution in [1.82, 2.24) is 10.3 Å². The van der Waals surface area contributed by atoms with Gasteiger partial charge in [0.05, 0.1) is 0 Å². The van der Waals surface area contributed by atoms with Crippen LogP contribution in [0.2, 0.25) is 5.02 Å². The van der Waals surface area contributed by atoms with Gasteiger partial charge in [0.15, 0.2) is 0 Å². The van der Waals surface area contributed by atoms with Gasteiger partial charge in [-0.25, -0.2) is 4.98 Å². The molecule has 0 atom stereocenters. The summed E-state index contributed by atoms with van der Waals surface area (Å²) in [6, 6.07) is 1.87. The highest BCUT2D eigenvalue weighted by Gasteiger charge is 2.03. The number of nitrogens with zero attached hydrogens (tertiary/aromatic N) is 1. The fourth-order valence-electron chi connectivity index (χ4n) is 1.22. The van der Waals surface area contributed by atoms with Crippen LogP contribution in [-0.2, 0) is 6.54 Å². The fraction of sp³-hybridized carbons (Fsp3) is 0.417. The maximum absolute atomic E-state index is 6.03. The van der Waals surface area contributed by atoms with Crippen LogP contribution in [0.3, 0.4) is 0 Å². The highest BCUT2D eigenvalue weighted by Crippen LogP contribution is 2.22. The fourth-order valence-corrected chi connectivity index (χ4v) is 1.46. The Morgan fingerprint density at radius 1 is 1.62 bits per heavy atom. The van der Waals surface area contributed by atoms with E-state index in [-0.39, 0.29) is 0 Å². The van der Waals surface area contributed by atoms with E-state index in [0.717, 1.165) is 25.1 Å². The maximum Gasteiger partial charge on any atom is 0.232 e. The predicted molar refractivity (Wildman–Crippen MR) is 66.9 cm³/mol. The predicted octanol–water partition coefficient (Wildman–Crippen LogP) is 2.80. The average Bonchev–Trinajstić information content (AvgIpc) is 2.28. The highest BCUT2D eigenvalue weighted by molar-refractivity contribution is 6.31. The number of pyridine rings is 1. The third-order valence-corrected chi connectivity index (χ3v) is 2.23. The molecule has 88 valence electrons. The number of hydrogen-bond acceptors (Lipinski definition) is 3. The Labute approximate surface area is 101 Å². The molecule has 0 radical (unpaired) electrons. The van der Waals surface area contributed by atoms with E-state index in [2.05, 4.69) is 23.8 Å². The van der Waals surface area contributed by atoms with Gasteiger partial charge in [0.25, 0.3) is 0 Å². The normalized spacial score (nSPS) is 10.1. The zero-order valence-corrected chi connectivity index (χ0v) is 10.3. The molecule has 0 aliphatic heterocycles. The van der Waals surface area contributed by atoms with Crippen molar-refractivity contribution in [2.75, 3.05) is 13.2 Å². The second-order valence-corrected chi connectivity index (χ2v) is 3.81. The third kappa shape index (κ3) is 4.21. The number of rotatable bonds is 7. The van der Waals surface area contributed by atoms with Crippen LogP contribution in [0.25, 0.3) is 0 Å². The summed E-state index contributed by atoms with van der Waals surface area (Å²) in [6.07, 6.45) is 4.55. The minimum Gasteiger partial charge on any atom is -0.472 e. The summed E-state index contributed by atoms with van der Waals surface area (Å²) in [6.45, 7) is 7.89. The van der Waals surface area contributed by atoms with E-state index in [4.69, 9.17) is 16.3 Å². The van der Waals surface area contributed by atoms with E-state index >= 15 is 0 Å². The van der Waals surface area contributed by atoms with E-state index < -0.39 is 0 Å². The molecule has 1 aromatic rings. The SMILES string of the molecule is C=CCOc1ncc(CNCCC)cc1Cl. The third-order valence-electron chi connectivity index (χ3n) is 1.96. The Hall–Kier alpha value is -1.06. The number of halogens is 1. The second-order valence-electron chi connectivity index (χ2n) is 3.41. The summed E-state index contributed by atoms with van der Waals surface area (Å²) in [4.78, 5) is 4.15. The van der Waals surface area contributed by atoms with E-state index in [1.54, 1.807) is 12.3 Å². The van der Waals surface area contributed by atoms with E-state index in [0.29, 0.717) is 17.5 Å². The summed E-state index contributed by atoms with van der Waals surface area (Å²) in [5.74, 6) is 0.459. The molecule has 0 aliphatic rings. The lowest BCUT2D eigenvalue weighted by atomic mass is 10.3. The van der Waals surface area contributed by atoms with Crippen molar-refractivity contribution < 1.29 is 4.74 Å². The second kappa shape index (κ2) is 7.25. The first-order valence-corrected chi connectivity index (χ1v) is 5.74. The summed E-state index contributed by atoms with van der Waals surface area (Å²) < 4.78 is 5.29. The van der Waals surface area contributed by atoms with Crippen molar-refractivity contribution in [2.24, 2.45) is 0 Å². The van der Waals surface area contributed by atoms with Crippen LogP contribution in [0.1, 0.15) is 18.9 Å². The van der Waals surface area contributed by atoms with E-state index in [1.165, 1.54) is 0 Å². The quantitative estimate of drug-likeness (QED) is 0.588. The summed E-state index contributed by atoms with van der Waals surface area (Å²) in [5, 5.41) is 3.83. The average molecular weight is 241 g/mol. The van der Waals surface area contributed by atoms with E-state index in [9.17, 15) is 0 Å². The molecule has 3 nitrogen and oxygen atoms in total. The highest BCUT2D eigenvalue weighted by atomic mass is 35.5. The molecule has 1 rings (SSSR count). The van der Waals surface area contributed by atoms with Crippen LogP contribution in [0, 0.1) is 0 Å². The molecule has 0 aliphatic carbocycles. The van der Waals surface area contributed by atoms with Gasteiger partial charge in [0.1, 0.15) is 11.6 Å². The molecule has 0 spiro atoms. The minimum atomic E-state index is 0.417. The molecule has 1 N–H and O–H groups in total. The number of ether oxygens (including phenoxy) is 1. The van der Waals surface area contributed by atoms with Gasteiger partial charge in [0.2, 0.25) is 5.88 Å². The Kier molecular flexibility index (Phi) is 5.90. The molecule has 0 aromatic carbocycles. The van der Waals surface area contributed by atoms with Gasteiger partial charge >= 0.3 is 0 Å². The standard InChI is InChI=1S/C12H17ClN2O/c1-3-5-14-8-10-7-11(13)12(15-9-10)16-6-4-2/h4,7,9,14H,2-3,5-6,8H2,1H3. The van der Waals surface area contributed by atoms with Crippen LogP contribution < -0.4 is 10.1 Å². The largest absolute Gasteiger partial charge is 0.472 e. The van der Waals surface area contributed by atoms with Gasteiger partial charge in [-0.1, -0.05) is 31.2 Å². The van der Waals surface area contributed by atoms with Gasteiger partial charge in [0, 0.05) is 12.7 Å².